The fourth-order valence-electron chi connectivity index (χ4n) is 8.76. The predicted octanol–water partition coefficient (Wildman–Crippen LogP) is 11.0. The average molecular weight is 531 g/mol. The molecule has 0 heterocycles. The van der Waals surface area contributed by atoms with Gasteiger partial charge in [-0.15, -0.1) is 0 Å². The maximum absolute atomic E-state index is 15.0. The Bertz CT molecular complexity index is 952. The summed E-state index contributed by atoms with van der Waals surface area (Å²) in [6, 6.07) is 13.9. The fourth-order valence-corrected chi connectivity index (χ4v) is 10.4. The van der Waals surface area contributed by atoms with Crippen LogP contribution in [0.5, 0.6) is 0 Å². The minimum atomic E-state index is -1.10. The summed E-state index contributed by atoms with van der Waals surface area (Å²) in [5, 5.41) is 0. The van der Waals surface area contributed by atoms with Gasteiger partial charge in [-0.2, -0.15) is 0 Å². The van der Waals surface area contributed by atoms with Crippen LogP contribution in [-0.2, 0) is 11.2 Å². The van der Waals surface area contributed by atoms with E-state index in [1.165, 1.54) is 149 Å². The summed E-state index contributed by atoms with van der Waals surface area (Å²) in [5.74, 6) is 2.54. The van der Waals surface area contributed by atoms with Gasteiger partial charge in [0.05, 0.1) is 0 Å². The van der Waals surface area contributed by atoms with E-state index >= 15 is 0 Å². The summed E-state index contributed by atoms with van der Waals surface area (Å²) in [5.41, 5.74) is 6.19. The summed E-state index contributed by atoms with van der Waals surface area (Å²) in [6.07, 6.45) is 26.7. The second kappa shape index (κ2) is 12.9. The van der Waals surface area contributed by atoms with Gasteiger partial charge in [-0.25, -0.2) is 0 Å². The molecule has 4 saturated carbocycles. The van der Waals surface area contributed by atoms with Gasteiger partial charge in [0.1, 0.15) is 0 Å². The van der Waals surface area contributed by atoms with Crippen LogP contribution in [0.25, 0.3) is 0 Å². The lowest BCUT2D eigenvalue weighted by atomic mass is 9.76. The van der Waals surface area contributed by atoms with Gasteiger partial charge in [-0.05, 0) is 98.3 Å². The van der Waals surface area contributed by atoms with Crippen LogP contribution in [-0.4, -0.2) is 4.55 Å². The Hall–Kier alpha value is -1.25. The van der Waals surface area contributed by atoms with Crippen LogP contribution in [0.4, 0.5) is 0 Å². The topological polar surface area (TPSA) is 23.1 Å². The van der Waals surface area contributed by atoms with Crippen molar-refractivity contribution in [1.82, 2.24) is 0 Å². The fraction of sp³-hybridized carbons (Fsp3) is 0.667. The Morgan fingerprint density at radius 1 is 0.421 bits per heavy atom. The van der Waals surface area contributed by atoms with Gasteiger partial charge in [0.25, 0.3) is 0 Å². The molecule has 0 bridgehead atoms. The Morgan fingerprint density at radius 3 is 1.08 bits per heavy atom. The summed E-state index contributed by atoms with van der Waals surface area (Å²) in [7, 11) is 0. The molecule has 0 aliphatic heterocycles. The van der Waals surface area contributed by atoms with E-state index in [0.29, 0.717) is 23.7 Å². The van der Waals surface area contributed by atoms with E-state index in [9.17, 15) is 4.55 Å². The summed E-state index contributed by atoms with van der Waals surface area (Å²) < 4.78 is 15.0. The highest BCUT2D eigenvalue weighted by atomic mass is 32.2. The Kier molecular flexibility index (Phi) is 9.18. The Balaban J connectivity index is 1.45. The van der Waals surface area contributed by atoms with Crippen LogP contribution in [0.1, 0.15) is 174 Å². The molecule has 38 heavy (non-hydrogen) atoms. The Morgan fingerprint density at radius 2 is 0.737 bits per heavy atom. The summed E-state index contributed by atoms with van der Waals surface area (Å²) >= 11 is -1.10. The van der Waals surface area contributed by atoms with Crippen LogP contribution >= 0.6 is 0 Å². The molecule has 2 heteroatoms. The van der Waals surface area contributed by atoms with E-state index in [0.717, 1.165) is 0 Å². The Labute approximate surface area is 235 Å². The van der Waals surface area contributed by atoms with Crippen LogP contribution in [0.2, 0.25) is 0 Å². The molecule has 0 saturated heterocycles. The van der Waals surface area contributed by atoms with E-state index in [1.54, 1.807) is 11.1 Å². The third kappa shape index (κ3) is 5.78. The van der Waals surface area contributed by atoms with Crippen molar-refractivity contribution in [3.05, 3.63) is 58.7 Å². The highest BCUT2D eigenvalue weighted by Gasteiger charge is 2.35. The van der Waals surface area contributed by atoms with Crippen molar-refractivity contribution in [2.24, 2.45) is 0 Å². The molecule has 2 aromatic carbocycles. The molecule has 0 atom stereocenters. The largest absolute Gasteiger partial charge is 0.606 e. The zero-order valence-electron chi connectivity index (χ0n) is 23.7. The number of rotatable bonds is 6. The van der Waals surface area contributed by atoms with Crippen molar-refractivity contribution in [1.29, 1.82) is 0 Å². The lowest BCUT2D eigenvalue weighted by Gasteiger charge is -2.33. The van der Waals surface area contributed by atoms with Crippen LogP contribution in [0.3, 0.4) is 0 Å². The molecule has 4 fully saturated rings. The molecule has 2 aromatic rings. The number of benzene rings is 2. The average Bonchev–Trinajstić information content (AvgIpc) is 3.01. The van der Waals surface area contributed by atoms with Gasteiger partial charge in [-0.1, -0.05) is 101 Å². The molecule has 0 aromatic heterocycles. The maximum atomic E-state index is 15.0. The van der Waals surface area contributed by atoms with Gasteiger partial charge < -0.3 is 4.55 Å². The quantitative estimate of drug-likeness (QED) is 0.341. The lowest BCUT2D eigenvalue weighted by Crippen LogP contribution is -2.20. The lowest BCUT2D eigenvalue weighted by molar-refractivity contribution is 0.412. The van der Waals surface area contributed by atoms with Crippen molar-refractivity contribution in [3.63, 3.8) is 0 Å². The predicted molar refractivity (Wildman–Crippen MR) is 161 cm³/mol. The first kappa shape index (κ1) is 26.9. The third-order valence-electron chi connectivity index (χ3n) is 10.7. The van der Waals surface area contributed by atoms with E-state index in [-0.39, 0.29) is 0 Å². The molecule has 0 N–H and O–H groups in total. The minimum absolute atomic E-state index is 0.598. The van der Waals surface area contributed by atoms with Crippen molar-refractivity contribution in [3.8, 4) is 0 Å². The molecule has 6 rings (SSSR count). The molecule has 206 valence electrons. The molecule has 0 radical (unpaired) electrons. The van der Waals surface area contributed by atoms with Crippen LogP contribution in [0, 0.1) is 0 Å². The first-order valence-electron chi connectivity index (χ1n) is 16.5. The smallest absolute Gasteiger partial charge is 0.162 e. The zero-order valence-corrected chi connectivity index (χ0v) is 24.5. The maximum Gasteiger partial charge on any atom is 0.162 e. The molecular formula is C36H50OS. The van der Waals surface area contributed by atoms with Crippen molar-refractivity contribution < 1.29 is 4.55 Å². The normalized spacial score (nSPS) is 23.2. The third-order valence-corrected chi connectivity index (χ3v) is 12.2. The highest BCUT2D eigenvalue weighted by Crippen LogP contribution is 2.48. The highest BCUT2D eigenvalue weighted by molar-refractivity contribution is 7.91. The molecule has 4 aliphatic rings. The number of hydrogen-bond donors (Lipinski definition) is 0. The molecular weight excluding hydrogens is 480 g/mol. The van der Waals surface area contributed by atoms with Gasteiger partial charge in [-0.3, -0.25) is 0 Å². The molecule has 0 amide bonds. The first-order chi connectivity index (χ1) is 18.8. The second-order valence-corrected chi connectivity index (χ2v) is 14.5. The monoisotopic (exact) mass is 530 g/mol. The second-order valence-electron chi connectivity index (χ2n) is 13.1. The molecule has 4 aliphatic carbocycles. The van der Waals surface area contributed by atoms with Gasteiger partial charge >= 0.3 is 0 Å². The van der Waals surface area contributed by atoms with Crippen molar-refractivity contribution in [2.75, 3.05) is 0 Å². The van der Waals surface area contributed by atoms with Gasteiger partial charge in [0, 0.05) is 22.3 Å². The van der Waals surface area contributed by atoms with E-state index in [4.69, 9.17) is 0 Å². The van der Waals surface area contributed by atoms with E-state index in [1.807, 2.05) is 0 Å². The van der Waals surface area contributed by atoms with Gasteiger partial charge in [0.15, 0.2) is 9.79 Å². The molecule has 0 spiro atoms. The molecule has 1 nitrogen and oxygen atoms in total. The van der Waals surface area contributed by atoms with E-state index in [2.05, 4.69) is 36.4 Å². The van der Waals surface area contributed by atoms with Crippen LogP contribution in [0.15, 0.2) is 46.2 Å². The van der Waals surface area contributed by atoms with Crippen molar-refractivity contribution >= 4 is 11.2 Å². The standard InChI is InChI=1S/C36H50OS/c37-38(33-25-13-23-31(27-15-5-1-6-16-27)35(33)29-19-9-3-10-20-29)34-26-14-24-32(28-17-7-2-8-18-28)36(34)30-21-11-4-12-22-30/h13-14,23-30H,1-12,15-22H2. The number of hydrogen-bond acceptors (Lipinski definition) is 1. The SMILES string of the molecule is [O-][S+](c1cccc(C2CCCCC2)c1C1CCCCC1)c1cccc(C2CCCCC2)c1C1CCCCC1. The summed E-state index contributed by atoms with van der Waals surface area (Å²) in [4.78, 5) is 2.36. The van der Waals surface area contributed by atoms with Gasteiger partial charge in [0.2, 0.25) is 0 Å². The van der Waals surface area contributed by atoms with E-state index < -0.39 is 11.2 Å². The first-order valence-corrected chi connectivity index (χ1v) is 17.6. The van der Waals surface area contributed by atoms with Crippen LogP contribution < -0.4 is 0 Å². The molecule has 0 unspecified atom stereocenters. The zero-order chi connectivity index (χ0) is 25.7. The summed E-state index contributed by atoms with van der Waals surface area (Å²) in [6.45, 7) is 0. The minimum Gasteiger partial charge on any atom is -0.606 e. The van der Waals surface area contributed by atoms with Crippen molar-refractivity contribution in [2.45, 2.75) is 162 Å².